The Balaban J connectivity index is 1.49. The molecule has 0 aliphatic carbocycles. The highest BCUT2D eigenvalue weighted by Gasteiger charge is 2.41. The third kappa shape index (κ3) is 4.95. The smallest absolute Gasteiger partial charge is 0.161 e. The van der Waals surface area contributed by atoms with Gasteiger partial charge in [-0.15, -0.1) is 12.6 Å². The Bertz CT molecular complexity index is 1190. The van der Waals surface area contributed by atoms with Crippen LogP contribution in [-0.4, -0.2) is 62.2 Å². The van der Waals surface area contributed by atoms with Crippen molar-refractivity contribution in [3.05, 3.63) is 46.5 Å². The number of thiocarbonyl (C=S) groups is 1. The lowest BCUT2D eigenvalue weighted by Crippen LogP contribution is -2.47. The minimum Gasteiger partial charge on any atom is -0.493 e. The molecular weight excluding hydrogens is 516 g/mol. The first-order valence-corrected chi connectivity index (χ1v) is 14.5. The molecule has 0 amide bonds. The van der Waals surface area contributed by atoms with Crippen LogP contribution in [0.5, 0.6) is 23.0 Å². The molecule has 5 rings (SSSR count). The number of nitrogens with zero attached hydrogens (tertiary/aromatic N) is 2. The minimum atomic E-state index is 0.169. The summed E-state index contributed by atoms with van der Waals surface area (Å²) in [7, 11) is 6.84. The molecule has 2 aromatic rings. The van der Waals surface area contributed by atoms with E-state index >= 15 is 0 Å². The van der Waals surface area contributed by atoms with E-state index in [-0.39, 0.29) is 6.04 Å². The summed E-state index contributed by atoms with van der Waals surface area (Å²) in [4.78, 5) is 5.01. The molecule has 0 aromatic heterocycles. The molecule has 0 N–H and O–H groups in total. The molecule has 3 aliphatic heterocycles. The van der Waals surface area contributed by atoms with E-state index in [0.29, 0.717) is 22.2 Å². The molecular formula is C30H40N2O4S2. The van der Waals surface area contributed by atoms with Crippen LogP contribution in [-0.2, 0) is 12.8 Å². The van der Waals surface area contributed by atoms with E-state index in [1.54, 1.807) is 28.4 Å². The highest BCUT2D eigenvalue weighted by molar-refractivity contribution is 8.10. The summed E-state index contributed by atoms with van der Waals surface area (Å²) in [5.74, 6) is 4.38. The first-order chi connectivity index (χ1) is 18.4. The summed E-state index contributed by atoms with van der Waals surface area (Å²) < 4.78 is 23.3. The molecule has 38 heavy (non-hydrogen) atoms. The average Bonchev–Trinajstić information content (AvgIpc) is 2.94. The Labute approximate surface area is 238 Å². The van der Waals surface area contributed by atoms with E-state index in [1.807, 2.05) is 0 Å². The standard InChI is InChI=1S/C30H40N2O4S2/c1-6-18-17-31-9-7-19-13-26(33-2)28(35-4)15-22(19)24(31)11-21(18)12-25-23-16-29(36-5)27(34-3)14-20(23)8-10-32(25)30(37)38/h13-16,18,21,24-25H,6-12,17H2,1-5H3,(H,37,38). The molecule has 4 unspecified atom stereocenters. The van der Waals surface area contributed by atoms with Crippen LogP contribution in [0.3, 0.4) is 0 Å². The molecule has 6 nitrogen and oxygen atoms in total. The second-order valence-corrected chi connectivity index (χ2v) is 11.8. The Morgan fingerprint density at radius 3 is 1.97 bits per heavy atom. The van der Waals surface area contributed by atoms with Gasteiger partial charge in [0.05, 0.1) is 34.5 Å². The van der Waals surface area contributed by atoms with Gasteiger partial charge in [0.2, 0.25) is 0 Å². The lowest BCUT2D eigenvalue weighted by molar-refractivity contribution is 0.0381. The van der Waals surface area contributed by atoms with E-state index in [1.165, 1.54) is 28.7 Å². The topological polar surface area (TPSA) is 43.4 Å². The van der Waals surface area contributed by atoms with Crippen molar-refractivity contribution in [2.45, 2.75) is 51.1 Å². The van der Waals surface area contributed by atoms with Gasteiger partial charge in [-0.05, 0) is 84.0 Å². The van der Waals surface area contributed by atoms with Crippen molar-refractivity contribution in [1.29, 1.82) is 0 Å². The van der Waals surface area contributed by atoms with Crippen LogP contribution in [0, 0.1) is 11.8 Å². The Morgan fingerprint density at radius 2 is 1.39 bits per heavy atom. The second kappa shape index (κ2) is 11.5. The molecule has 3 aliphatic rings. The number of ether oxygens (including phenoxy) is 4. The fraction of sp³-hybridized carbons (Fsp3) is 0.567. The molecule has 206 valence electrons. The number of hydrogen-bond donors (Lipinski definition) is 1. The predicted molar refractivity (Wildman–Crippen MR) is 158 cm³/mol. The molecule has 0 spiro atoms. The second-order valence-electron chi connectivity index (χ2n) is 10.7. The van der Waals surface area contributed by atoms with Crippen molar-refractivity contribution in [2.75, 3.05) is 48.1 Å². The van der Waals surface area contributed by atoms with Crippen molar-refractivity contribution in [3.63, 3.8) is 0 Å². The van der Waals surface area contributed by atoms with Crippen molar-refractivity contribution in [2.24, 2.45) is 11.8 Å². The van der Waals surface area contributed by atoms with Gasteiger partial charge < -0.3 is 23.8 Å². The number of piperidine rings is 1. The van der Waals surface area contributed by atoms with Crippen LogP contribution in [0.25, 0.3) is 0 Å². The highest BCUT2D eigenvalue weighted by atomic mass is 32.1. The number of hydrogen-bond acceptors (Lipinski definition) is 6. The maximum atomic E-state index is 5.70. The summed E-state index contributed by atoms with van der Waals surface area (Å²) in [5, 5.41) is 0. The molecule has 0 radical (unpaired) electrons. The van der Waals surface area contributed by atoms with Gasteiger partial charge in [-0.2, -0.15) is 0 Å². The van der Waals surface area contributed by atoms with E-state index < -0.39 is 0 Å². The average molecular weight is 557 g/mol. The predicted octanol–water partition coefficient (Wildman–Crippen LogP) is 5.87. The summed E-state index contributed by atoms with van der Waals surface area (Å²) in [6.07, 6.45) is 5.29. The third-order valence-corrected chi connectivity index (χ3v) is 9.57. The summed E-state index contributed by atoms with van der Waals surface area (Å²) in [6, 6.07) is 9.27. The lowest BCUT2D eigenvalue weighted by atomic mass is 9.72. The van der Waals surface area contributed by atoms with Gasteiger partial charge in [0.25, 0.3) is 0 Å². The van der Waals surface area contributed by atoms with Crippen LogP contribution in [0.2, 0.25) is 0 Å². The maximum absolute atomic E-state index is 5.70. The lowest BCUT2D eigenvalue weighted by Gasteiger charge is -2.49. The van der Waals surface area contributed by atoms with Gasteiger partial charge >= 0.3 is 0 Å². The van der Waals surface area contributed by atoms with Crippen molar-refractivity contribution in [1.82, 2.24) is 9.80 Å². The SMILES string of the molecule is CCC1CN2CCc3cc(OC)c(OC)cc3C2CC1CC1c2cc(OC)c(OC)cc2CCN1C(=S)S. The van der Waals surface area contributed by atoms with Gasteiger partial charge in [0.1, 0.15) is 4.32 Å². The highest BCUT2D eigenvalue weighted by Crippen LogP contribution is 2.49. The summed E-state index contributed by atoms with van der Waals surface area (Å²) in [5.41, 5.74) is 5.39. The Kier molecular flexibility index (Phi) is 8.31. The number of thiol groups is 1. The third-order valence-electron chi connectivity index (χ3n) is 9.07. The van der Waals surface area contributed by atoms with Crippen LogP contribution in [0.4, 0.5) is 0 Å². The minimum absolute atomic E-state index is 0.169. The zero-order chi connectivity index (χ0) is 27.0. The zero-order valence-corrected chi connectivity index (χ0v) is 24.9. The van der Waals surface area contributed by atoms with Crippen LogP contribution in [0.1, 0.15) is 60.5 Å². The Morgan fingerprint density at radius 1 is 0.842 bits per heavy atom. The van der Waals surface area contributed by atoms with Crippen molar-refractivity contribution in [3.8, 4) is 23.0 Å². The van der Waals surface area contributed by atoms with E-state index in [2.05, 4.69) is 53.6 Å². The van der Waals surface area contributed by atoms with Gasteiger partial charge in [-0.3, -0.25) is 4.90 Å². The summed E-state index contributed by atoms with van der Waals surface area (Å²) in [6.45, 7) is 5.42. The van der Waals surface area contributed by atoms with Crippen LogP contribution in [0.15, 0.2) is 24.3 Å². The van der Waals surface area contributed by atoms with Gasteiger partial charge in [-0.25, -0.2) is 0 Å². The fourth-order valence-corrected chi connectivity index (χ4v) is 7.51. The molecule has 0 bridgehead atoms. The molecule has 2 aromatic carbocycles. The van der Waals surface area contributed by atoms with E-state index in [0.717, 1.165) is 68.3 Å². The fourth-order valence-electron chi connectivity index (χ4n) is 7.05. The quantitative estimate of drug-likeness (QED) is 0.338. The monoisotopic (exact) mass is 556 g/mol. The summed E-state index contributed by atoms with van der Waals surface area (Å²) >= 11 is 10.3. The molecule has 1 fully saturated rings. The number of rotatable bonds is 7. The largest absolute Gasteiger partial charge is 0.493 e. The maximum Gasteiger partial charge on any atom is 0.161 e. The number of benzene rings is 2. The first kappa shape index (κ1) is 27.4. The first-order valence-electron chi connectivity index (χ1n) is 13.6. The number of methoxy groups -OCH3 is 4. The Hall–Kier alpha value is -2.16. The van der Waals surface area contributed by atoms with Crippen molar-refractivity contribution < 1.29 is 18.9 Å². The van der Waals surface area contributed by atoms with Crippen LogP contribution >= 0.6 is 24.8 Å². The molecule has 4 atom stereocenters. The van der Waals surface area contributed by atoms with Gasteiger partial charge in [-0.1, -0.05) is 25.6 Å². The van der Waals surface area contributed by atoms with Gasteiger partial charge in [0, 0.05) is 25.7 Å². The number of fused-ring (bicyclic) bond motifs is 4. The molecule has 0 saturated carbocycles. The normalized spacial score (nSPS) is 24.6. The zero-order valence-electron chi connectivity index (χ0n) is 23.2. The molecule has 8 heteroatoms. The van der Waals surface area contributed by atoms with E-state index in [9.17, 15) is 0 Å². The van der Waals surface area contributed by atoms with E-state index in [4.69, 9.17) is 31.2 Å². The molecule has 3 heterocycles. The van der Waals surface area contributed by atoms with Gasteiger partial charge in [0.15, 0.2) is 23.0 Å². The van der Waals surface area contributed by atoms with Crippen LogP contribution < -0.4 is 18.9 Å². The molecule has 1 saturated heterocycles. The van der Waals surface area contributed by atoms with Crippen molar-refractivity contribution >= 4 is 29.2 Å².